The first kappa shape index (κ1) is 22.6. The summed E-state index contributed by atoms with van der Waals surface area (Å²) in [5.74, 6) is 0.376. The molecule has 1 aliphatic rings. The summed E-state index contributed by atoms with van der Waals surface area (Å²) in [6.07, 6.45) is 1.28. The maximum atomic E-state index is 12.9. The van der Waals surface area contributed by atoms with E-state index in [4.69, 9.17) is 0 Å². The Balaban J connectivity index is 1.42. The van der Waals surface area contributed by atoms with Crippen molar-refractivity contribution in [2.45, 2.75) is 32.7 Å². The highest BCUT2D eigenvalue weighted by Crippen LogP contribution is 2.20. The second-order valence-electron chi connectivity index (χ2n) is 7.83. The standard InChI is InChI=1S/C24H32FN5O/c1-3-26-24(28-14-13-27-23(31)16-19-6-8-20(25)9-7-19)29-21-12-15-30(17-21)22-10-4-18(2)5-11-22/h4-11,21H,3,12-17H2,1-2H3,(H,27,31)(H2,26,28,29). The molecule has 7 heteroatoms. The third kappa shape index (κ3) is 7.27. The number of hydrogen-bond acceptors (Lipinski definition) is 3. The van der Waals surface area contributed by atoms with Crippen LogP contribution in [0.3, 0.4) is 0 Å². The van der Waals surface area contributed by atoms with E-state index >= 15 is 0 Å². The first-order valence-corrected chi connectivity index (χ1v) is 10.9. The van der Waals surface area contributed by atoms with Gasteiger partial charge in [0.15, 0.2) is 5.96 Å². The number of rotatable bonds is 8. The molecule has 1 fully saturated rings. The smallest absolute Gasteiger partial charge is 0.224 e. The molecule has 0 aromatic heterocycles. The van der Waals surface area contributed by atoms with Crippen molar-refractivity contribution in [3.05, 3.63) is 65.5 Å². The minimum absolute atomic E-state index is 0.0932. The second kappa shape index (κ2) is 11.3. The molecule has 1 saturated heterocycles. The average Bonchev–Trinajstić information content (AvgIpc) is 3.22. The van der Waals surface area contributed by atoms with E-state index in [-0.39, 0.29) is 18.1 Å². The van der Waals surface area contributed by atoms with Gasteiger partial charge in [0.1, 0.15) is 5.82 Å². The van der Waals surface area contributed by atoms with Crippen LogP contribution in [0.25, 0.3) is 0 Å². The number of halogens is 1. The van der Waals surface area contributed by atoms with Crippen LogP contribution in [0.2, 0.25) is 0 Å². The van der Waals surface area contributed by atoms with Gasteiger partial charge < -0.3 is 20.9 Å². The molecule has 0 bridgehead atoms. The van der Waals surface area contributed by atoms with Crippen molar-refractivity contribution in [2.24, 2.45) is 4.99 Å². The summed E-state index contributed by atoms with van der Waals surface area (Å²) in [6, 6.07) is 14.9. The van der Waals surface area contributed by atoms with Gasteiger partial charge in [0.2, 0.25) is 5.91 Å². The Kier molecular flexibility index (Phi) is 8.27. The van der Waals surface area contributed by atoms with Crippen molar-refractivity contribution >= 4 is 17.6 Å². The summed E-state index contributed by atoms with van der Waals surface area (Å²) < 4.78 is 12.9. The molecular weight excluding hydrogens is 393 g/mol. The predicted octanol–water partition coefficient (Wildman–Crippen LogP) is 2.63. The van der Waals surface area contributed by atoms with Gasteiger partial charge in [-0.2, -0.15) is 0 Å². The summed E-state index contributed by atoms with van der Waals surface area (Å²) in [6.45, 7) is 7.80. The highest BCUT2D eigenvalue weighted by atomic mass is 19.1. The number of hydrogen-bond donors (Lipinski definition) is 3. The number of nitrogens with zero attached hydrogens (tertiary/aromatic N) is 2. The van der Waals surface area contributed by atoms with Crippen LogP contribution in [0.5, 0.6) is 0 Å². The van der Waals surface area contributed by atoms with Crippen LogP contribution in [-0.4, -0.2) is 50.6 Å². The minimum atomic E-state index is -0.300. The van der Waals surface area contributed by atoms with Crippen LogP contribution in [0.4, 0.5) is 10.1 Å². The number of carbonyl (C=O) groups excluding carboxylic acids is 1. The van der Waals surface area contributed by atoms with Crippen LogP contribution in [0.15, 0.2) is 53.5 Å². The van der Waals surface area contributed by atoms with E-state index in [1.165, 1.54) is 23.4 Å². The maximum absolute atomic E-state index is 12.9. The van der Waals surface area contributed by atoms with Gasteiger partial charge in [-0.3, -0.25) is 9.79 Å². The van der Waals surface area contributed by atoms with Crippen LogP contribution < -0.4 is 20.9 Å². The number of aliphatic imine (C=N–C) groups is 1. The van der Waals surface area contributed by atoms with Crippen molar-refractivity contribution in [2.75, 3.05) is 37.6 Å². The molecule has 1 unspecified atom stereocenters. The van der Waals surface area contributed by atoms with E-state index in [1.54, 1.807) is 12.1 Å². The molecule has 1 amide bonds. The van der Waals surface area contributed by atoms with E-state index in [1.807, 2.05) is 6.92 Å². The zero-order valence-corrected chi connectivity index (χ0v) is 18.3. The molecular formula is C24H32FN5O. The quantitative estimate of drug-likeness (QED) is 0.346. The first-order valence-electron chi connectivity index (χ1n) is 10.9. The van der Waals surface area contributed by atoms with Gasteiger partial charge in [-0.15, -0.1) is 0 Å². The lowest BCUT2D eigenvalue weighted by atomic mass is 10.1. The first-order chi connectivity index (χ1) is 15.0. The number of aryl methyl sites for hydroxylation is 1. The molecule has 1 aliphatic heterocycles. The number of amides is 1. The summed E-state index contributed by atoms with van der Waals surface area (Å²) in [5.41, 5.74) is 3.31. The monoisotopic (exact) mass is 425 g/mol. The topological polar surface area (TPSA) is 68.8 Å². The van der Waals surface area contributed by atoms with Crippen molar-refractivity contribution in [3.8, 4) is 0 Å². The highest BCUT2D eigenvalue weighted by molar-refractivity contribution is 5.80. The van der Waals surface area contributed by atoms with Crippen molar-refractivity contribution < 1.29 is 9.18 Å². The van der Waals surface area contributed by atoms with Gasteiger partial charge in [0, 0.05) is 37.9 Å². The van der Waals surface area contributed by atoms with Gasteiger partial charge in [-0.25, -0.2) is 4.39 Å². The van der Waals surface area contributed by atoms with E-state index in [2.05, 4.69) is 57.0 Å². The van der Waals surface area contributed by atoms with E-state index in [0.29, 0.717) is 19.1 Å². The third-order valence-corrected chi connectivity index (χ3v) is 5.25. The molecule has 0 aliphatic carbocycles. The Morgan fingerprint density at radius 1 is 1.13 bits per heavy atom. The molecule has 0 spiro atoms. The van der Waals surface area contributed by atoms with Gasteiger partial charge >= 0.3 is 0 Å². The molecule has 3 N–H and O–H groups in total. The fraction of sp³-hybridized carbons (Fsp3) is 0.417. The number of anilines is 1. The summed E-state index contributed by atoms with van der Waals surface area (Å²) in [7, 11) is 0. The van der Waals surface area contributed by atoms with Gasteiger partial charge in [0.05, 0.1) is 13.0 Å². The van der Waals surface area contributed by atoms with Crippen LogP contribution >= 0.6 is 0 Å². The Morgan fingerprint density at radius 3 is 2.58 bits per heavy atom. The maximum Gasteiger partial charge on any atom is 0.224 e. The summed E-state index contributed by atoms with van der Waals surface area (Å²) in [4.78, 5) is 19.0. The molecule has 31 heavy (non-hydrogen) atoms. The summed E-state index contributed by atoms with van der Waals surface area (Å²) in [5, 5.41) is 9.65. The highest BCUT2D eigenvalue weighted by Gasteiger charge is 2.23. The number of guanidine groups is 1. The van der Waals surface area contributed by atoms with E-state index < -0.39 is 0 Å². The fourth-order valence-corrected chi connectivity index (χ4v) is 3.59. The minimum Gasteiger partial charge on any atom is -0.369 e. The SMILES string of the molecule is CCNC(=NCCNC(=O)Cc1ccc(F)cc1)NC1CCN(c2ccc(C)cc2)C1. The lowest BCUT2D eigenvalue weighted by molar-refractivity contribution is -0.120. The molecule has 166 valence electrons. The molecule has 1 heterocycles. The van der Waals surface area contributed by atoms with Crippen molar-refractivity contribution in [3.63, 3.8) is 0 Å². The van der Waals surface area contributed by atoms with Crippen LogP contribution in [0, 0.1) is 12.7 Å². The molecule has 0 saturated carbocycles. The molecule has 6 nitrogen and oxygen atoms in total. The average molecular weight is 426 g/mol. The van der Waals surface area contributed by atoms with Crippen molar-refractivity contribution in [1.82, 2.24) is 16.0 Å². The molecule has 2 aromatic rings. The fourth-order valence-electron chi connectivity index (χ4n) is 3.59. The van der Waals surface area contributed by atoms with E-state index in [9.17, 15) is 9.18 Å². The predicted molar refractivity (Wildman–Crippen MR) is 124 cm³/mol. The zero-order valence-electron chi connectivity index (χ0n) is 18.3. The van der Waals surface area contributed by atoms with E-state index in [0.717, 1.165) is 37.6 Å². The zero-order chi connectivity index (χ0) is 22.1. The molecule has 3 rings (SSSR count). The van der Waals surface area contributed by atoms with Gasteiger partial charge in [-0.05, 0) is 50.1 Å². The van der Waals surface area contributed by atoms with Crippen LogP contribution in [-0.2, 0) is 11.2 Å². The summed E-state index contributed by atoms with van der Waals surface area (Å²) >= 11 is 0. The van der Waals surface area contributed by atoms with Crippen LogP contribution in [0.1, 0.15) is 24.5 Å². The Labute approximate surface area is 183 Å². The second-order valence-corrected chi connectivity index (χ2v) is 7.83. The largest absolute Gasteiger partial charge is 0.369 e. The molecule has 1 atom stereocenters. The lowest BCUT2D eigenvalue weighted by Gasteiger charge is -2.20. The lowest BCUT2D eigenvalue weighted by Crippen LogP contribution is -2.45. The van der Waals surface area contributed by atoms with Crippen molar-refractivity contribution in [1.29, 1.82) is 0 Å². The third-order valence-electron chi connectivity index (χ3n) is 5.25. The Morgan fingerprint density at radius 2 is 1.87 bits per heavy atom. The number of nitrogens with one attached hydrogen (secondary N) is 3. The number of carbonyl (C=O) groups is 1. The Bertz CT molecular complexity index is 867. The molecule has 0 radical (unpaired) electrons. The number of benzene rings is 2. The normalized spacial score (nSPS) is 16.3. The Hall–Kier alpha value is -3.09. The van der Waals surface area contributed by atoms with Gasteiger partial charge in [0.25, 0.3) is 0 Å². The molecule has 2 aromatic carbocycles. The van der Waals surface area contributed by atoms with Gasteiger partial charge in [-0.1, -0.05) is 29.8 Å².